The number of rotatable bonds is 4. The second-order valence-corrected chi connectivity index (χ2v) is 6.31. The first-order chi connectivity index (χ1) is 8.68. The van der Waals surface area contributed by atoms with Gasteiger partial charge in [0.1, 0.15) is 5.60 Å². The van der Waals surface area contributed by atoms with Crippen LogP contribution < -0.4 is 0 Å². The molecule has 1 aliphatic carbocycles. The van der Waals surface area contributed by atoms with E-state index in [1.807, 2.05) is 11.4 Å². The van der Waals surface area contributed by atoms with Crippen LogP contribution in [-0.2, 0) is 16.0 Å². The molecule has 18 heavy (non-hydrogen) atoms. The van der Waals surface area contributed by atoms with E-state index in [2.05, 4.69) is 0 Å². The normalized spacial score (nSPS) is 19.4. The number of carbonyl (C=O) groups is 1. The number of carbonyl (C=O) groups excluding carboxylic acids is 1. The Morgan fingerprint density at radius 3 is 2.56 bits per heavy atom. The van der Waals surface area contributed by atoms with Crippen LogP contribution in [-0.4, -0.2) is 18.5 Å². The Kier molecular flexibility index (Phi) is 4.82. The summed E-state index contributed by atoms with van der Waals surface area (Å²) in [5.74, 6) is 0.191. The molecule has 1 aliphatic rings. The van der Waals surface area contributed by atoms with Gasteiger partial charge in [-0.3, -0.25) is 4.79 Å². The van der Waals surface area contributed by atoms with Crippen LogP contribution in [0.1, 0.15) is 43.4 Å². The molecule has 0 spiro atoms. The average Bonchev–Trinajstić information content (AvgIpc) is 2.66. The molecule has 1 heterocycles. The molecule has 1 aromatic rings. The summed E-state index contributed by atoms with van der Waals surface area (Å²) < 4.78 is 5.62. The van der Waals surface area contributed by atoms with E-state index in [-0.39, 0.29) is 5.78 Å². The van der Waals surface area contributed by atoms with Crippen molar-refractivity contribution in [1.82, 2.24) is 0 Å². The number of halogens is 1. The summed E-state index contributed by atoms with van der Waals surface area (Å²) in [6.07, 6.45) is 6.69. The summed E-state index contributed by atoms with van der Waals surface area (Å²) in [6.45, 7) is 0. The Bertz CT molecular complexity index is 406. The monoisotopic (exact) mass is 286 g/mol. The van der Waals surface area contributed by atoms with E-state index in [1.165, 1.54) is 12.8 Å². The van der Waals surface area contributed by atoms with E-state index in [1.54, 1.807) is 18.4 Å². The highest BCUT2D eigenvalue weighted by atomic mass is 35.5. The molecular weight excluding hydrogens is 268 g/mol. The van der Waals surface area contributed by atoms with Gasteiger partial charge in [0.2, 0.25) is 0 Å². The Morgan fingerprint density at radius 1 is 1.39 bits per heavy atom. The van der Waals surface area contributed by atoms with Gasteiger partial charge in [0.15, 0.2) is 5.78 Å². The molecule has 2 rings (SSSR count). The van der Waals surface area contributed by atoms with Crippen LogP contribution in [0.4, 0.5) is 0 Å². The zero-order valence-corrected chi connectivity index (χ0v) is 12.3. The largest absolute Gasteiger partial charge is 0.370 e. The van der Waals surface area contributed by atoms with Gasteiger partial charge in [0.25, 0.3) is 0 Å². The van der Waals surface area contributed by atoms with Gasteiger partial charge in [0.05, 0.1) is 5.02 Å². The highest BCUT2D eigenvalue weighted by Gasteiger charge is 2.38. The number of methoxy groups -OCH3 is 1. The minimum absolute atomic E-state index is 0.191. The number of hydrogen-bond donors (Lipinski definition) is 0. The lowest BCUT2D eigenvalue weighted by atomic mass is 9.87. The third kappa shape index (κ3) is 2.95. The molecule has 1 saturated carbocycles. The summed E-state index contributed by atoms with van der Waals surface area (Å²) in [7, 11) is 1.67. The number of thiophene rings is 1. The van der Waals surface area contributed by atoms with Crippen molar-refractivity contribution >= 4 is 28.7 Å². The zero-order chi connectivity index (χ0) is 13.0. The minimum atomic E-state index is -0.566. The van der Waals surface area contributed by atoms with Crippen molar-refractivity contribution in [1.29, 1.82) is 0 Å². The second-order valence-electron chi connectivity index (χ2n) is 4.90. The molecule has 0 atom stereocenters. The Balaban J connectivity index is 2.11. The van der Waals surface area contributed by atoms with Crippen LogP contribution in [0.5, 0.6) is 0 Å². The molecule has 0 bridgehead atoms. The summed E-state index contributed by atoms with van der Waals surface area (Å²) in [5, 5.41) is 2.63. The third-order valence-electron chi connectivity index (χ3n) is 3.82. The van der Waals surface area contributed by atoms with E-state index < -0.39 is 5.60 Å². The molecule has 0 unspecified atom stereocenters. The van der Waals surface area contributed by atoms with Gasteiger partial charge < -0.3 is 4.74 Å². The van der Waals surface area contributed by atoms with Crippen molar-refractivity contribution in [3.8, 4) is 0 Å². The molecule has 0 amide bonds. The van der Waals surface area contributed by atoms with Gasteiger partial charge in [-0.1, -0.05) is 37.3 Å². The average molecular weight is 287 g/mol. The highest BCUT2D eigenvalue weighted by Crippen LogP contribution is 2.33. The van der Waals surface area contributed by atoms with Crippen molar-refractivity contribution in [3.63, 3.8) is 0 Å². The first-order valence-electron chi connectivity index (χ1n) is 6.48. The van der Waals surface area contributed by atoms with Gasteiger partial charge in [-0.05, 0) is 24.3 Å². The quantitative estimate of drug-likeness (QED) is 0.774. The Labute approximate surface area is 117 Å². The van der Waals surface area contributed by atoms with Crippen LogP contribution in [0.3, 0.4) is 0 Å². The van der Waals surface area contributed by atoms with Crippen molar-refractivity contribution < 1.29 is 9.53 Å². The molecule has 0 aliphatic heterocycles. The lowest BCUT2D eigenvalue weighted by Crippen LogP contribution is -2.41. The van der Waals surface area contributed by atoms with Gasteiger partial charge in [0, 0.05) is 18.4 Å². The van der Waals surface area contributed by atoms with Crippen molar-refractivity contribution in [2.24, 2.45) is 0 Å². The van der Waals surface area contributed by atoms with Crippen LogP contribution in [0.2, 0.25) is 5.02 Å². The van der Waals surface area contributed by atoms with Gasteiger partial charge in [-0.25, -0.2) is 0 Å². The predicted molar refractivity (Wildman–Crippen MR) is 75.5 cm³/mol. The Morgan fingerprint density at radius 2 is 2.06 bits per heavy atom. The maximum absolute atomic E-state index is 12.5. The number of hydrogen-bond acceptors (Lipinski definition) is 3. The van der Waals surface area contributed by atoms with Crippen LogP contribution in [0.15, 0.2) is 11.4 Å². The highest BCUT2D eigenvalue weighted by molar-refractivity contribution is 7.10. The smallest absolute Gasteiger partial charge is 0.169 e. The van der Waals surface area contributed by atoms with Crippen LogP contribution >= 0.6 is 22.9 Å². The van der Waals surface area contributed by atoms with Gasteiger partial charge >= 0.3 is 0 Å². The van der Waals surface area contributed by atoms with Crippen molar-refractivity contribution in [2.45, 2.75) is 50.5 Å². The lowest BCUT2D eigenvalue weighted by molar-refractivity contribution is -0.142. The molecule has 4 heteroatoms. The maximum Gasteiger partial charge on any atom is 0.169 e. The fourth-order valence-electron chi connectivity index (χ4n) is 2.65. The minimum Gasteiger partial charge on any atom is -0.370 e. The van der Waals surface area contributed by atoms with Crippen LogP contribution in [0.25, 0.3) is 0 Å². The fourth-order valence-corrected chi connectivity index (χ4v) is 3.76. The topological polar surface area (TPSA) is 26.3 Å². The van der Waals surface area contributed by atoms with E-state index in [0.717, 1.165) is 30.6 Å². The van der Waals surface area contributed by atoms with Gasteiger partial charge in [-0.2, -0.15) is 0 Å². The predicted octanol–water partition coefficient (Wildman–Crippen LogP) is 4.25. The van der Waals surface area contributed by atoms with E-state index in [4.69, 9.17) is 16.3 Å². The molecule has 0 aromatic carbocycles. The maximum atomic E-state index is 12.5. The zero-order valence-electron chi connectivity index (χ0n) is 10.7. The first kappa shape index (κ1) is 14.0. The van der Waals surface area contributed by atoms with E-state index in [9.17, 15) is 4.79 Å². The molecular formula is C14H19ClO2S. The Hall–Kier alpha value is -0.380. The summed E-state index contributed by atoms with van der Waals surface area (Å²) in [5.41, 5.74) is -0.566. The second kappa shape index (κ2) is 6.18. The van der Waals surface area contributed by atoms with Crippen molar-refractivity contribution in [2.75, 3.05) is 7.11 Å². The fraction of sp³-hybridized carbons (Fsp3) is 0.643. The summed E-state index contributed by atoms with van der Waals surface area (Å²) in [6, 6.07) is 1.85. The molecule has 1 aromatic heterocycles. The molecule has 0 N–H and O–H groups in total. The molecule has 100 valence electrons. The lowest BCUT2D eigenvalue weighted by Gasteiger charge is -2.29. The van der Waals surface area contributed by atoms with Crippen molar-refractivity contribution in [3.05, 3.63) is 21.3 Å². The SMILES string of the molecule is COC1(C(=O)Cc2sccc2Cl)CCCCCC1. The number of Topliss-reactive ketones (excluding diaryl/α,β-unsaturated/α-hetero) is 1. The third-order valence-corrected chi connectivity index (χ3v) is 5.21. The standard InChI is InChI=1S/C14H19ClO2S/c1-17-14(7-4-2-3-5-8-14)13(16)10-12-11(15)6-9-18-12/h6,9H,2-5,7-8,10H2,1H3. The molecule has 2 nitrogen and oxygen atoms in total. The van der Waals surface area contributed by atoms with E-state index >= 15 is 0 Å². The molecule has 1 fully saturated rings. The molecule has 0 radical (unpaired) electrons. The first-order valence-corrected chi connectivity index (χ1v) is 7.74. The van der Waals surface area contributed by atoms with E-state index in [0.29, 0.717) is 11.4 Å². The summed E-state index contributed by atoms with van der Waals surface area (Å²) >= 11 is 7.61. The molecule has 0 saturated heterocycles. The van der Waals surface area contributed by atoms with Gasteiger partial charge in [-0.15, -0.1) is 11.3 Å². The number of ether oxygens (including phenoxy) is 1. The summed E-state index contributed by atoms with van der Waals surface area (Å²) in [4.78, 5) is 13.5. The van der Waals surface area contributed by atoms with Crippen LogP contribution in [0, 0.1) is 0 Å². The number of ketones is 1.